The van der Waals surface area contributed by atoms with Crippen molar-refractivity contribution in [1.29, 1.82) is 0 Å². The Labute approximate surface area is 122 Å². The standard InChI is InChI=1S/C17H16FNO2/c1-17(16(20)21)10-19-15-9-12(4-7-14(15)17)8-11-2-5-13(18)6-3-11/h2-7,9,19H,8,10H2,1H3,(H,20,21). The van der Waals surface area contributed by atoms with Crippen LogP contribution < -0.4 is 5.32 Å². The van der Waals surface area contributed by atoms with Crippen LogP contribution in [0.2, 0.25) is 0 Å². The van der Waals surface area contributed by atoms with E-state index in [1.54, 1.807) is 19.1 Å². The number of carbonyl (C=O) groups is 1. The summed E-state index contributed by atoms with van der Waals surface area (Å²) in [5, 5.41) is 12.5. The highest BCUT2D eigenvalue weighted by Gasteiger charge is 2.41. The van der Waals surface area contributed by atoms with Crippen LogP contribution in [0.15, 0.2) is 42.5 Å². The van der Waals surface area contributed by atoms with Crippen LogP contribution in [0, 0.1) is 5.82 Å². The van der Waals surface area contributed by atoms with Crippen molar-refractivity contribution in [3.05, 3.63) is 65.0 Å². The summed E-state index contributed by atoms with van der Waals surface area (Å²) < 4.78 is 12.9. The van der Waals surface area contributed by atoms with Gasteiger partial charge in [0.25, 0.3) is 0 Å². The van der Waals surface area contributed by atoms with Gasteiger partial charge in [0.1, 0.15) is 11.2 Å². The Kier molecular flexibility index (Phi) is 3.16. The van der Waals surface area contributed by atoms with Gasteiger partial charge >= 0.3 is 5.97 Å². The van der Waals surface area contributed by atoms with Crippen LogP contribution in [0.1, 0.15) is 23.6 Å². The number of hydrogen-bond donors (Lipinski definition) is 2. The summed E-state index contributed by atoms with van der Waals surface area (Å²) in [6, 6.07) is 12.2. The summed E-state index contributed by atoms with van der Waals surface area (Å²) in [5.41, 5.74) is 2.92. The lowest BCUT2D eigenvalue weighted by molar-refractivity contribution is -0.142. The summed E-state index contributed by atoms with van der Waals surface area (Å²) in [4.78, 5) is 11.4. The van der Waals surface area contributed by atoms with Gasteiger partial charge in [0.05, 0.1) is 0 Å². The Morgan fingerprint density at radius 1 is 1.24 bits per heavy atom. The molecule has 3 rings (SSSR count). The summed E-state index contributed by atoms with van der Waals surface area (Å²) in [6.07, 6.45) is 0.693. The second kappa shape index (κ2) is 4.88. The third-order valence-corrected chi connectivity index (χ3v) is 4.10. The molecule has 1 atom stereocenters. The molecule has 3 nitrogen and oxygen atoms in total. The van der Waals surface area contributed by atoms with Gasteiger partial charge in [-0.05, 0) is 48.2 Å². The molecule has 0 bridgehead atoms. The molecule has 2 aromatic rings. The van der Waals surface area contributed by atoms with Crippen LogP contribution >= 0.6 is 0 Å². The van der Waals surface area contributed by atoms with E-state index < -0.39 is 11.4 Å². The summed E-state index contributed by atoms with van der Waals surface area (Å²) in [5.74, 6) is -1.06. The molecule has 2 aromatic carbocycles. The Morgan fingerprint density at radius 3 is 2.57 bits per heavy atom. The van der Waals surface area contributed by atoms with E-state index in [0.717, 1.165) is 22.4 Å². The van der Waals surface area contributed by atoms with Crippen LogP contribution in [0.25, 0.3) is 0 Å². The fourth-order valence-corrected chi connectivity index (χ4v) is 2.72. The Hall–Kier alpha value is -2.36. The maximum atomic E-state index is 12.9. The van der Waals surface area contributed by atoms with Crippen molar-refractivity contribution in [2.24, 2.45) is 0 Å². The van der Waals surface area contributed by atoms with Crippen LogP contribution in [0.4, 0.5) is 10.1 Å². The molecule has 0 radical (unpaired) electrons. The predicted octanol–water partition coefficient (Wildman–Crippen LogP) is 3.18. The molecule has 0 spiro atoms. The Balaban J connectivity index is 1.88. The number of rotatable bonds is 3. The van der Waals surface area contributed by atoms with E-state index in [2.05, 4.69) is 5.32 Å². The fraction of sp³-hybridized carbons (Fsp3) is 0.235. The van der Waals surface area contributed by atoms with Gasteiger partial charge in [-0.3, -0.25) is 4.79 Å². The van der Waals surface area contributed by atoms with E-state index in [1.165, 1.54) is 12.1 Å². The van der Waals surface area contributed by atoms with Gasteiger partial charge < -0.3 is 10.4 Å². The van der Waals surface area contributed by atoms with E-state index in [0.29, 0.717) is 13.0 Å². The highest BCUT2D eigenvalue weighted by molar-refractivity contribution is 5.87. The third kappa shape index (κ3) is 2.37. The predicted molar refractivity (Wildman–Crippen MR) is 79.1 cm³/mol. The summed E-state index contributed by atoms with van der Waals surface area (Å²) in [7, 11) is 0. The second-order valence-electron chi connectivity index (χ2n) is 5.67. The quantitative estimate of drug-likeness (QED) is 0.910. The van der Waals surface area contributed by atoms with E-state index in [-0.39, 0.29) is 5.82 Å². The molecule has 0 amide bonds. The van der Waals surface area contributed by atoms with Crippen LogP contribution in [0.3, 0.4) is 0 Å². The van der Waals surface area contributed by atoms with E-state index in [1.807, 2.05) is 18.2 Å². The smallest absolute Gasteiger partial charge is 0.315 e. The lowest BCUT2D eigenvalue weighted by atomic mass is 9.84. The maximum absolute atomic E-state index is 12.9. The second-order valence-corrected chi connectivity index (χ2v) is 5.67. The molecule has 2 N–H and O–H groups in total. The van der Waals surface area contributed by atoms with Gasteiger partial charge in [0.2, 0.25) is 0 Å². The lowest BCUT2D eigenvalue weighted by Crippen LogP contribution is -2.34. The normalized spacial score (nSPS) is 19.9. The minimum atomic E-state index is -0.871. The molecule has 0 aromatic heterocycles. The number of carboxylic acid groups (broad SMARTS) is 1. The van der Waals surface area contributed by atoms with Crippen LogP contribution in [-0.4, -0.2) is 17.6 Å². The third-order valence-electron chi connectivity index (χ3n) is 4.10. The minimum absolute atomic E-state index is 0.244. The molecule has 1 unspecified atom stereocenters. The monoisotopic (exact) mass is 285 g/mol. The van der Waals surface area contributed by atoms with Crippen LogP contribution in [0.5, 0.6) is 0 Å². The van der Waals surface area contributed by atoms with Crippen molar-refractivity contribution in [3.63, 3.8) is 0 Å². The zero-order valence-electron chi connectivity index (χ0n) is 11.7. The zero-order valence-corrected chi connectivity index (χ0v) is 11.7. The van der Waals surface area contributed by atoms with E-state index in [9.17, 15) is 14.3 Å². The molecule has 4 heteroatoms. The average Bonchev–Trinajstić information content (AvgIpc) is 2.80. The van der Waals surface area contributed by atoms with Gasteiger partial charge in [0, 0.05) is 12.2 Å². The maximum Gasteiger partial charge on any atom is 0.315 e. The topological polar surface area (TPSA) is 49.3 Å². The number of aliphatic carboxylic acids is 1. The fourth-order valence-electron chi connectivity index (χ4n) is 2.72. The first-order chi connectivity index (χ1) is 9.99. The first kappa shape index (κ1) is 13.6. The minimum Gasteiger partial charge on any atom is -0.481 e. The van der Waals surface area contributed by atoms with Crippen molar-refractivity contribution in [3.8, 4) is 0 Å². The number of halogens is 1. The van der Waals surface area contributed by atoms with Crippen molar-refractivity contribution >= 4 is 11.7 Å². The highest BCUT2D eigenvalue weighted by Crippen LogP contribution is 2.37. The molecule has 0 aliphatic carbocycles. The molecule has 1 aliphatic heterocycles. The van der Waals surface area contributed by atoms with Crippen molar-refractivity contribution < 1.29 is 14.3 Å². The number of fused-ring (bicyclic) bond motifs is 1. The van der Waals surface area contributed by atoms with Crippen molar-refractivity contribution in [2.75, 3.05) is 11.9 Å². The molecule has 0 saturated carbocycles. The molecule has 1 aliphatic rings. The number of nitrogens with one attached hydrogen (secondary N) is 1. The molecular formula is C17H16FNO2. The number of anilines is 1. The van der Waals surface area contributed by atoms with Crippen molar-refractivity contribution in [2.45, 2.75) is 18.8 Å². The van der Waals surface area contributed by atoms with Gasteiger partial charge in [-0.2, -0.15) is 0 Å². The molecule has 1 heterocycles. The molecule has 0 saturated heterocycles. The molecule has 108 valence electrons. The molecule has 0 fully saturated rings. The van der Waals surface area contributed by atoms with Gasteiger partial charge in [-0.15, -0.1) is 0 Å². The molecule has 21 heavy (non-hydrogen) atoms. The van der Waals surface area contributed by atoms with Gasteiger partial charge in [-0.1, -0.05) is 24.3 Å². The SMILES string of the molecule is CC1(C(=O)O)CNc2cc(Cc3ccc(F)cc3)ccc21. The Bertz CT molecular complexity index is 696. The highest BCUT2D eigenvalue weighted by atomic mass is 19.1. The molecular weight excluding hydrogens is 269 g/mol. The number of benzene rings is 2. The first-order valence-electron chi connectivity index (χ1n) is 6.84. The average molecular weight is 285 g/mol. The summed E-state index contributed by atoms with van der Waals surface area (Å²) >= 11 is 0. The Morgan fingerprint density at radius 2 is 1.90 bits per heavy atom. The largest absolute Gasteiger partial charge is 0.481 e. The van der Waals surface area contributed by atoms with E-state index in [4.69, 9.17) is 0 Å². The first-order valence-corrected chi connectivity index (χ1v) is 6.84. The number of hydrogen-bond acceptors (Lipinski definition) is 2. The zero-order chi connectivity index (χ0) is 15.0. The van der Waals surface area contributed by atoms with Gasteiger partial charge in [0.15, 0.2) is 0 Å². The van der Waals surface area contributed by atoms with Crippen molar-refractivity contribution in [1.82, 2.24) is 0 Å². The summed E-state index contributed by atoms with van der Waals surface area (Å²) in [6.45, 7) is 2.13. The lowest BCUT2D eigenvalue weighted by Gasteiger charge is -2.18. The van der Waals surface area contributed by atoms with Gasteiger partial charge in [-0.25, -0.2) is 4.39 Å². The van der Waals surface area contributed by atoms with E-state index >= 15 is 0 Å². The number of carboxylic acids is 1. The van der Waals surface area contributed by atoms with Crippen LogP contribution in [-0.2, 0) is 16.6 Å².